The Bertz CT molecular complexity index is 302. The van der Waals surface area contributed by atoms with Crippen LogP contribution in [0, 0.1) is 0 Å². The number of hydrogen-bond acceptors (Lipinski definition) is 1. The van der Waals surface area contributed by atoms with E-state index in [4.69, 9.17) is 5.11 Å². The molecule has 0 aliphatic carbocycles. The van der Waals surface area contributed by atoms with E-state index in [1.807, 2.05) is 36.4 Å². The molecule has 0 heterocycles. The summed E-state index contributed by atoms with van der Waals surface area (Å²) >= 11 is 0. The molecule has 0 spiro atoms. The molecule has 0 bridgehead atoms. The Balaban J connectivity index is 0. The van der Waals surface area contributed by atoms with Gasteiger partial charge >= 0.3 is 5.97 Å². The van der Waals surface area contributed by atoms with Crippen molar-refractivity contribution in [2.45, 2.75) is 6.42 Å². The monoisotopic (exact) mass is 218 g/mol. The number of carboxylic acid groups (broad SMARTS) is 1. The van der Waals surface area contributed by atoms with Crippen LogP contribution in [-0.2, 0) is 4.79 Å². The molecule has 86 valence electrons. The van der Waals surface area contributed by atoms with Crippen molar-refractivity contribution in [1.82, 2.24) is 0 Å². The number of hydrogen-bond donors (Lipinski definition) is 1. The van der Waals surface area contributed by atoms with E-state index in [1.54, 1.807) is 0 Å². The van der Waals surface area contributed by atoms with Gasteiger partial charge in [0.2, 0.25) is 0 Å². The van der Waals surface area contributed by atoms with Gasteiger partial charge in [0.15, 0.2) is 0 Å². The standard InChI is InChI=1S/C8H8.C4H6O2.C2H4/c1-2-8-6-4-3-5-7-8;1-2-3-4(5)6;1-2/h2-7H,1H2;2H,1,3H2,(H,5,6);1-2H2. The fourth-order valence-electron chi connectivity index (χ4n) is 0.713. The van der Waals surface area contributed by atoms with E-state index in [9.17, 15) is 4.79 Å². The third-order valence-electron chi connectivity index (χ3n) is 1.35. The summed E-state index contributed by atoms with van der Waals surface area (Å²) in [7, 11) is 0. The zero-order valence-electron chi connectivity index (χ0n) is 9.43. The average Bonchev–Trinajstić information content (AvgIpc) is 2.33. The first-order valence-electron chi connectivity index (χ1n) is 4.71. The molecule has 0 atom stereocenters. The lowest BCUT2D eigenvalue weighted by molar-refractivity contribution is -0.135. The van der Waals surface area contributed by atoms with Gasteiger partial charge in [-0.25, -0.2) is 0 Å². The minimum atomic E-state index is -0.829. The zero-order valence-corrected chi connectivity index (χ0v) is 9.43. The van der Waals surface area contributed by atoms with Crippen LogP contribution >= 0.6 is 0 Å². The van der Waals surface area contributed by atoms with E-state index < -0.39 is 5.97 Å². The van der Waals surface area contributed by atoms with Crippen LogP contribution < -0.4 is 0 Å². The molecule has 1 aromatic rings. The molecule has 2 heteroatoms. The van der Waals surface area contributed by atoms with E-state index in [0.717, 1.165) is 0 Å². The van der Waals surface area contributed by atoms with E-state index in [0.29, 0.717) is 0 Å². The molecule has 16 heavy (non-hydrogen) atoms. The third-order valence-corrected chi connectivity index (χ3v) is 1.35. The van der Waals surface area contributed by atoms with Crippen molar-refractivity contribution in [2.75, 3.05) is 0 Å². The van der Waals surface area contributed by atoms with Crippen LogP contribution in [0.2, 0.25) is 0 Å². The second-order valence-corrected chi connectivity index (χ2v) is 2.50. The van der Waals surface area contributed by atoms with Crippen molar-refractivity contribution < 1.29 is 9.90 Å². The number of aliphatic carboxylic acids is 1. The van der Waals surface area contributed by atoms with E-state index >= 15 is 0 Å². The van der Waals surface area contributed by atoms with Crippen molar-refractivity contribution >= 4 is 12.0 Å². The molecule has 1 aromatic carbocycles. The average molecular weight is 218 g/mol. The minimum Gasteiger partial charge on any atom is -0.481 e. The maximum Gasteiger partial charge on any atom is 0.307 e. The lowest BCUT2D eigenvalue weighted by Crippen LogP contribution is -1.88. The van der Waals surface area contributed by atoms with Gasteiger partial charge in [0.1, 0.15) is 0 Å². The summed E-state index contributed by atoms with van der Waals surface area (Å²) in [4.78, 5) is 9.53. The molecule has 1 N–H and O–H groups in total. The lowest BCUT2D eigenvalue weighted by atomic mass is 10.2. The summed E-state index contributed by atoms with van der Waals surface area (Å²) in [6, 6.07) is 10.0. The van der Waals surface area contributed by atoms with Gasteiger partial charge < -0.3 is 5.11 Å². The Kier molecular flexibility index (Phi) is 13.2. The van der Waals surface area contributed by atoms with Crippen molar-refractivity contribution in [1.29, 1.82) is 0 Å². The molecule has 0 aliphatic heterocycles. The first-order valence-corrected chi connectivity index (χ1v) is 4.71. The van der Waals surface area contributed by atoms with Crippen molar-refractivity contribution in [3.63, 3.8) is 0 Å². The SMILES string of the molecule is C=C.C=CCC(=O)O.C=Cc1ccccc1. The summed E-state index contributed by atoms with van der Waals surface area (Å²) < 4.78 is 0. The van der Waals surface area contributed by atoms with Gasteiger partial charge in [0, 0.05) is 0 Å². The Labute approximate surface area is 97.2 Å². The van der Waals surface area contributed by atoms with Crippen LogP contribution in [-0.4, -0.2) is 11.1 Å². The normalized spacial score (nSPS) is 7.25. The summed E-state index contributed by atoms with van der Waals surface area (Å²) in [5.74, 6) is -0.829. The van der Waals surface area contributed by atoms with Crippen molar-refractivity contribution in [2.24, 2.45) is 0 Å². The maximum absolute atomic E-state index is 9.53. The minimum absolute atomic E-state index is 0.0556. The summed E-state index contributed by atoms with van der Waals surface area (Å²) in [6.45, 7) is 12.9. The molecule has 0 amide bonds. The van der Waals surface area contributed by atoms with Crippen LogP contribution in [0.15, 0.2) is 62.7 Å². The maximum atomic E-state index is 9.53. The van der Waals surface area contributed by atoms with Gasteiger partial charge in [-0.2, -0.15) is 0 Å². The molecule has 0 aromatic heterocycles. The Morgan fingerprint density at radius 2 is 1.69 bits per heavy atom. The Morgan fingerprint density at radius 1 is 1.19 bits per heavy atom. The van der Waals surface area contributed by atoms with Gasteiger partial charge in [-0.15, -0.1) is 19.7 Å². The van der Waals surface area contributed by atoms with Crippen LogP contribution in [0.3, 0.4) is 0 Å². The smallest absolute Gasteiger partial charge is 0.307 e. The summed E-state index contributed by atoms with van der Waals surface area (Å²) in [5.41, 5.74) is 1.17. The highest BCUT2D eigenvalue weighted by Crippen LogP contribution is 1.97. The molecule has 0 fully saturated rings. The Hall–Kier alpha value is -2.09. The number of carboxylic acids is 1. The third kappa shape index (κ3) is 11.9. The van der Waals surface area contributed by atoms with Crippen LogP contribution in [0.1, 0.15) is 12.0 Å². The number of rotatable bonds is 3. The Morgan fingerprint density at radius 3 is 1.88 bits per heavy atom. The zero-order chi connectivity index (χ0) is 12.8. The second-order valence-electron chi connectivity index (χ2n) is 2.50. The highest BCUT2D eigenvalue weighted by molar-refractivity contribution is 5.68. The fourth-order valence-corrected chi connectivity index (χ4v) is 0.713. The number of benzene rings is 1. The molecular formula is C14H18O2. The van der Waals surface area contributed by atoms with Gasteiger partial charge in [-0.3, -0.25) is 4.79 Å². The van der Waals surface area contributed by atoms with Crippen LogP contribution in [0.25, 0.3) is 6.08 Å². The lowest BCUT2D eigenvalue weighted by Gasteiger charge is -1.85. The van der Waals surface area contributed by atoms with Gasteiger partial charge in [0.05, 0.1) is 6.42 Å². The van der Waals surface area contributed by atoms with E-state index in [2.05, 4.69) is 26.3 Å². The first-order chi connectivity index (χ1) is 7.70. The van der Waals surface area contributed by atoms with E-state index in [1.165, 1.54) is 11.6 Å². The van der Waals surface area contributed by atoms with Crippen molar-refractivity contribution in [3.05, 3.63) is 68.3 Å². The largest absolute Gasteiger partial charge is 0.481 e. The highest BCUT2D eigenvalue weighted by atomic mass is 16.4. The van der Waals surface area contributed by atoms with Crippen LogP contribution in [0.4, 0.5) is 0 Å². The molecule has 1 rings (SSSR count). The quantitative estimate of drug-likeness (QED) is 0.784. The van der Waals surface area contributed by atoms with Crippen molar-refractivity contribution in [3.8, 4) is 0 Å². The molecule has 2 nitrogen and oxygen atoms in total. The van der Waals surface area contributed by atoms with Crippen LogP contribution in [0.5, 0.6) is 0 Å². The molecule has 0 radical (unpaired) electrons. The van der Waals surface area contributed by atoms with E-state index in [-0.39, 0.29) is 6.42 Å². The van der Waals surface area contributed by atoms with Gasteiger partial charge in [0.25, 0.3) is 0 Å². The second kappa shape index (κ2) is 12.9. The molecule has 0 aliphatic rings. The molecule has 0 saturated carbocycles. The fraction of sp³-hybridized carbons (Fsp3) is 0.0714. The molecule has 0 saturated heterocycles. The first kappa shape index (κ1) is 16.3. The number of carbonyl (C=O) groups is 1. The summed E-state index contributed by atoms with van der Waals surface area (Å²) in [5, 5.41) is 7.84. The molecule has 0 unspecified atom stereocenters. The highest BCUT2D eigenvalue weighted by Gasteiger charge is 1.84. The topological polar surface area (TPSA) is 37.3 Å². The van der Waals surface area contributed by atoms with Gasteiger partial charge in [-0.05, 0) is 5.56 Å². The summed E-state index contributed by atoms with van der Waals surface area (Å²) in [6.07, 6.45) is 3.24. The van der Waals surface area contributed by atoms with Gasteiger partial charge in [-0.1, -0.05) is 49.1 Å². The molecular weight excluding hydrogens is 200 g/mol. The predicted octanol–water partition coefficient (Wildman–Crippen LogP) is 3.78. The predicted molar refractivity (Wildman–Crippen MR) is 70.2 cm³/mol.